The number of esters is 2. The quantitative estimate of drug-likeness (QED) is 0.632. The van der Waals surface area contributed by atoms with Gasteiger partial charge in [0.15, 0.2) is 0 Å². The van der Waals surface area contributed by atoms with Crippen LogP contribution in [0, 0.1) is 0 Å². The summed E-state index contributed by atoms with van der Waals surface area (Å²) in [5, 5.41) is 3.61. The lowest BCUT2D eigenvalue weighted by molar-refractivity contribution is 0.0599. The highest BCUT2D eigenvalue weighted by Gasteiger charge is 2.17. The molecular formula is C23H30ClNO5. The molecule has 1 aliphatic rings. The molecule has 2 aromatic rings. The Morgan fingerprint density at radius 1 is 0.933 bits per heavy atom. The van der Waals surface area contributed by atoms with Gasteiger partial charge >= 0.3 is 11.9 Å². The van der Waals surface area contributed by atoms with Crippen molar-refractivity contribution in [2.24, 2.45) is 0 Å². The number of benzene rings is 1. The topological polar surface area (TPSA) is 77.8 Å². The second-order valence-electron chi connectivity index (χ2n) is 7.47. The highest BCUT2D eigenvalue weighted by atomic mass is 35.5. The predicted octanol–water partition coefficient (Wildman–Crippen LogP) is 5.14. The molecule has 0 unspecified atom stereocenters. The molecule has 30 heavy (non-hydrogen) atoms. The van der Waals surface area contributed by atoms with E-state index in [4.69, 9.17) is 13.9 Å². The maximum absolute atomic E-state index is 12.0. The molecule has 0 saturated heterocycles. The van der Waals surface area contributed by atoms with Crippen LogP contribution in [0.4, 0.5) is 0 Å². The van der Waals surface area contributed by atoms with Gasteiger partial charge in [-0.15, -0.1) is 12.4 Å². The lowest BCUT2D eigenvalue weighted by Gasteiger charge is -2.20. The van der Waals surface area contributed by atoms with Crippen LogP contribution in [0.15, 0.2) is 34.7 Å². The van der Waals surface area contributed by atoms with Crippen LogP contribution in [-0.2, 0) is 16.0 Å². The van der Waals surface area contributed by atoms with Gasteiger partial charge in [0.1, 0.15) is 11.5 Å². The van der Waals surface area contributed by atoms with Crippen molar-refractivity contribution in [3.63, 3.8) is 0 Å². The average Bonchev–Trinajstić information content (AvgIpc) is 3.20. The van der Waals surface area contributed by atoms with E-state index in [1.54, 1.807) is 12.1 Å². The van der Waals surface area contributed by atoms with Gasteiger partial charge in [0, 0.05) is 11.6 Å². The van der Waals surface area contributed by atoms with Crippen molar-refractivity contribution in [3.8, 4) is 11.3 Å². The van der Waals surface area contributed by atoms with Crippen LogP contribution in [0.2, 0.25) is 0 Å². The zero-order chi connectivity index (χ0) is 20.6. The van der Waals surface area contributed by atoms with Crippen molar-refractivity contribution in [1.82, 2.24) is 5.32 Å². The molecule has 0 bridgehead atoms. The molecule has 0 amide bonds. The Morgan fingerprint density at radius 3 is 2.07 bits per heavy atom. The third-order valence-electron chi connectivity index (χ3n) is 5.39. The summed E-state index contributed by atoms with van der Waals surface area (Å²) >= 11 is 0. The van der Waals surface area contributed by atoms with Gasteiger partial charge in [-0.25, -0.2) is 9.59 Å². The summed E-state index contributed by atoms with van der Waals surface area (Å²) in [4.78, 5) is 24.0. The molecule has 1 fully saturated rings. The summed E-state index contributed by atoms with van der Waals surface area (Å²) in [5.41, 5.74) is 1.18. The van der Waals surface area contributed by atoms with E-state index < -0.39 is 11.9 Å². The second kappa shape index (κ2) is 11.8. The van der Waals surface area contributed by atoms with E-state index in [2.05, 4.69) is 5.32 Å². The van der Waals surface area contributed by atoms with E-state index >= 15 is 0 Å². The zero-order valence-electron chi connectivity index (χ0n) is 17.6. The largest absolute Gasteiger partial charge is 0.465 e. The maximum atomic E-state index is 12.0. The van der Waals surface area contributed by atoms with Crippen LogP contribution >= 0.6 is 12.4 Å². The lowest BCUT2D eigenvalue weighted by atomic mass is 9.97. The number of hydrogen-bond donors (Lipinski definition) is 1. The summed E-state index contributed by atoms with van der Waals surface area (Å²) in [6.45, 7) is 0.658. The van der Waals surface area contributed by atoms with E-state index in [-0.39, 0.29) is 23.5 Å². The number of methoxy groups -OCH3 is 2. The lowest BCUT2D eigenvalue weighted by Crippen LogP contribution is -2.29. The van der Waals surface area contributed by atoms with E-state index in [1.165, 1.54) is 65.2 Å². The third-order valence-corrected chi connectivity index (χ3v) is 5.39. The normalized spacial score (nSPS) is 14.9. The first-order valence-corrected chi connectivity index (χ1v) is 10.2. The number of nitrogens with one attached hydrogen (secondary N) is 1. The van der Waals surface area contributed by atoms with Crippen molar-refractivity contribution in [1.29, 1.82) is 0 Å². The summed E-state index contributed by atoms with van der Waals surface area (Å²) < 4.78 is 15.6. The van der Waals surface area contributed by atoms with Gasteiger partial charge in [0.2, 0.25) is 0 Å². The Kier molecular flexibility index (Phi) is 9.40. The second-order valence-corrected chi connectivity index (χ2v) is 7.47. The summed E-state index contributed by atoms with van der Waals surface area (Å²) in [6, 6.07) is 9.07. The molecule has 0 radical (unpaired) electrons. The Bertz CT molecular complexity index is 806. The summed E-state index contributed by atoms with van der Waals surface area (Å²) in [6.07, 6.45) is 8.96. The Balaban J connectivity index is 0.00000320. The fraction of sp³-hybridized carbons (Fsp3) is 0.478. The number of hydrogen-bond acceptors (Lipinski definition) is 6. The first kappa shape index (κ1) is 24.0. The average molecular weight is 436 g/mol. The van der Waals surface area contributed by atoms with Crippen molar-refractivity contribution in [3.05, 3.63) is 47.2 Å². The molecule has 0 atom stereocenters. The Labute approximate surface area is 183 Å². The van der Waals surface area contributed by atoms with Crippen LogP contribution in [0.3, 0.4) is 0 Å². The highest BCUT2D eigenvalue weighted by Crippen LogP contribution is 2.26. The number of halogens is 1. The van der Waals surface area contributed by atoms with Crippen LogP contribution < -0.4 is 5.32 Å². The van der Waals surface area contributed by atoms with Crippen LogP contribution in [0.5, 0.6) is 0 Å². The molecule has 6 nitrogen and oxygen atoms in total. The molecule has 164 valence electrons. The molecule has 1 N–H and O–H groups in total. The Hall–Kier alpha value is -2.31. The van der Waals surface area contributed by atoms with E-state index in [0.717, 1.165) is 5.76 Å². The Morgan fingerprint density at radius 2 is 1.50 bits per heavy atom. The number of rotatable bonds is 6. The molecule has 7 heteroatoms. The van der Waals surface area contributed by atoms with Crippen LogP contribution in [-0.4, -0.2) is 32.2 Å². The molecular weight excluding hydrogens is 406 g/mol. The van der Waals surface area contributed by atoms with E-state index in [0.29, 0.717) is 23.9 Å². The molecule has 1 aromatic carbocycles. The van der Waals surface area contributed by atoms with Crippen LogP contribution in [0.25, 0.3) is 11.3 Å². The molecule has 1 heterocycles. The molecule has 0 spiro atoms. The van der Waals surface area contributed by atoms with Crippen molar-refractivity contribution in [2.75, 3.05) is 14.2 Å². The summed E-state index contributed by atoms with van der Waals surface area (Å²) in [5.74, 6) is 0.380. The minimum absolute atomic E-state index is 0. The van der Waals surface area contributed by atoms with Crippen LogP contribution in [0.1, 0.15) is 71.4 Å². The van der Waals surface area contributed by atoms with E-state index in [9.17, 15) is 9.59 Å². The molecule has 0 aliphatic heterocycles. The summed E-state index contributed by atoms with van der Waals surface area (Å²) in [7, 11) is 2.61. The molecule has 1 aromatic heterocycles. The first-order chi connectivity index (χ1) is 14.1. The smallest absolute Gasteiger partial charge is 0.337 e. The van der Waals surface area contributed by atoms with Crippen molar-refractivity contribution < 1.29 is 23.5 Å². The monoisotopic (exact) mass is 435 g/mol. The predicted molar refractivity (Wildman–Crippen MR) is 117 cm³/mol. The molecule has 1 aliphatic carbocycles. The standard InChI is InChI=1S/C23H29NO5.ClH/c1-27-22(25)17-12-16(13-18(14-17)23(26)28-2)21-11-10-20(29-21)15-24-19-8-6-4-3-5-7-9-19;/h10-14,19,24H,3-9,15H2,1-2H3;1H. The van der Waals surface area contributed by atoms with Gasteiger partial charge in [-0.1, -0.05) is 32.1 Å². The number of carbonyl (C=O) groups excluding carboxylic acids is 2. The molecule has 3 rings (SSSR count). The minimum atomic E-state index is -0.519. The van der Waals surface area contributed by atoms with Gasteiger partial charge in [0.05, 0.1) is 31.9 Å². The maximum Gasteiger partial charge on any atom is 0.337 e. The fourth-order valence-electron chi connectivity index (χ4n) is 3.77. The van der Waals surface area contributed by atoms with Gasteiger partial charge in [-0.3, -0.25) is 0 Å². The van der Waals surface area contributed by atoms with Gasteiger partial charge in [-0.2, -0.15) is 0 Å². The van der Waals surface area contributed by atoms with Crippen molar-refractivity contribution >= 4 is 24.3 Å². The number of furan rings is 1. The van der Waals surface area contributed by atoms with Crippen molar-refractivity contribution in [2.45, 2.75) is 57.5 Å². The number of ether oxygens (including phenoxy) is 2. The van der Waals surface area contributed by atoms with Gasteiger partial charge in [0.25, 0.3) is 0 Å². The SMILES string of the molecule is COC(=O)c1cc(C(=O)OC)cc(-c2ccc(CNC3CCCCCCC3)o2)c1.Cl. The number of carbonyl (C=O) groups is 2. The van der Waals surface area contributed by atoms with Gasteiger partial charge in [-0.05, 0) is 43.2 Å². The first-order valence-electron chi connectivity index (χ1n) is 10.2. The third kappa shape index (κ3) is 6.34. The van der Waals surface area contributed by atoms with Gasteiger partial charge < -0.3 is 19.2 Å². The fourth-order valence-corrected chi connectivity index (χ4v) is 3.77. The molecule has 1 saturated carbocycles. The minimum Gasteiger partial charge on any atom is -0.465 e. The zero-order valence-corrected chi connectivity index (χ0v) is 18.4. The van der Waals surface area contributed by atoms with E-state index in [1.807, 2.05) is 12.1 Å². The highest BCUT2D eigenvalue weighted by molar-refractivity contribution is 5.97.